The topological polar surface area (TPSA) is 68.2 Å². The van der Waals surface area contributed by atoms with Crippen LogP contribution in [0, 0.1) is 5.92 Å². The van der Waals surface area contributed by atoms with Crippen LogP contribution in [0.1, 0.15) is 30.8 Å². The van der Waals surface area contributed by atoms with Crippen LogP contribution in [0.5, 0.6) is 5.75 Å². The van der Waals surface area contributed by atoms with Gasteiger partial charge < -0.3 is 15.4 Å². The van der Waals surface area contributed by atoms with Crippen LogP contribution in [0.4, 0.5) is 0 Å². The number of aromatic nitrogens is 2. The molecule has 0 saturated carbocycles. The van der Waals surface area contributed by atoms with Crippen molar-refractivity contribution in [1.29, 1.82) is 0 Å². The number of nitrogens with zero attached hydrogens (tertiary/aromatic N) is 2. The van der Waals surface area contributed by atoms with Crippen LogP contribution in [-0.4, -0.2) is 42.4 Å². The van der Waals surface area contributed by atoms with Crippen LogP contribution >= 0.6 is 12.4 Å². The molecule has 2 aromatic rings. The first kappa shape index (κ1) is 21.0. The smallest absolute Gasteiger partial charge is 0.275 e. The molecule has 0 aliphatic heterocycles. The van der Waals surface area contributed by atoms with Crippen LogP contribution in [-0.2, 0) is 0 Å². The summed E-state index contributed by atoms with van der Waals surface area (Å²) in [7, 11) is 1.89. The number of nitrogens with one attached hydrogen (secondary N) is 2. The van der Waals surface area contributed by atoms with E-state index in [-0.39, 0.29) is 18.3 Å². The van der Waals surface area contributed by atoms with Gasteiger partial charge in [0.2, 0.25) is 0 Å². The molecule has 0 fully saturated rings. The lowest BCUT2D eigenvalue weighted by Crippen LogP contribution is -2.27. The molecule has 6 nitrogen and oxygen atoms in total. The maximum absolute atomic E-state index is 12.4. The van der Waals surface area contributed by atoms with Crippen molar-refractivity contribution in [3.63, 3.8) is 0 Å². The lowest BCUT2D eigenvalue weighted by Gasteiger charge is -2.08. The first-order chi connectivity index (χ1) is 11.6. The van der Waals surface area contributed by atoms with E-state index in [0.717, 1.165) is 18.7 Å². The fourth-order valence-corrected chi connectivity index (χ4v) is 2.14. The molecule has 0 aliphatic carbocycles. The summed E-state index contributed by atoms with van der Waals surface area (Å²) in [5.74, 6) is 0.676. The normalized spacial score (nSPS) is 10.4. The summed E-state index contributed by atoms with van der Waals surface area (Å²) in [5.41, 5.74) is 1.21. The number of halogens is 1. The van der Waals surface area contributed by atoms with Gasteiger partial charge in [-0.1, -0.05) is 32.0 Å². The third kappa shape index (κ3) is 6.40. The summed E-state index contributed by atoms with van der Waals surface area (Å²) < 4.78 is 7.47. The molecule has 0 atom stereocenters. The van der Waals surface area contributed by atoms with Crippen molar-refractivity contribution in [2.45, 2.75) is 20.3 Å². The average molecular weight is 367 g/mol. The fourth-order valence-electron chi connectivity index (χ4n) is 2.14. The number of ether oxygens (including phenoxy) is 1. The van der Waals surface area contributed by atoms with Crippen LogP contribution in [0.3, 0.4) is 0 Å². The molecular weight excluding hydrogens is 340 g/mol. The molecule has 0 spiro atoms. The Labute approximate surface area is 155 Å². The Hall–Kier alpha value is -2.05. The van der Waals surface area contributed by atoms with E-state index in [0.29, 0.717) is 30.5 Å². The van der Waals surface area contributed by atoms with Crippen LogP contribution in [0.2, 0.25) is 0 Å². The average Bonchev–Trinajstić information content (AvgIpc) is 3.02. The van der Waals surface area contributed by atoms with E-state index in [2.05, 4.69) is 29.6 Å². The number of carbonyl (C=O) groups is 1. The summed E-state index contributed by atoms with van der Waals surface area (Å²) in [5, 5.41) is 10.4. The van der Waals surface area contributed by atoms with Gasteiger partial charge in [-0.3, -0.25) is 4.79 Å². The second-order valence-electron chi connectivity index (χ2n) is 6.04. The van der Waals surface area contributed by atoms with Crippen molar-refractivity contribution in [2.24, 2.45) is 5.92 Å². The standard InChI is InChI=1S/C18H26N4O2.ClH/c1-14(2)13-24-16-12-22(15-8-5-4-6-9-15)21-17(16)18(23)20-11-7-10-19-3;/h4-6,8-9,12,14,19H,7,10-11,13H2,1-3H3,(H,20,23);1H. The van der Waals surface area contributed by atoms with Crippen molar-refractivity contribution in [1.82, 2.24) is 20.4 Å². The predicted octanol–water partition coefficient (Wildman–Crippen LogP) is 2.67. The molecule has 1 aromatic carbocycles. The molecular formula is C18H27ClN4O2. The molecule has 25 heavy (non-hydrogen) atoms. The number of amides is 1. The molecule has 0 bridgehead atoms. The zero-order valence-electron chi connectivity index (χ0n) is 15.0. The van der Waals surface area contributed by atoms with Gasteiger partial charge in [-0.05, 0) is 38.1 Å². The van der Waals surface area contributed by atoms with Gasteiger partial charge in [0.05, 0.1) is 18.5 Å². The second kappa shape index (κ2) is 10.7. The van der Waals surface area contributed by atoms with Crippen molar-refractivity contribution < 1.29 is 9.53 Å². The number of para-hydroxylation sites is 1. The first-order valence-electron chi connectivity index (χ1n) is 8.32. The summed E-state index contributed by atoms with van der Waals surface area (Å²) in [6.07, 6.45) is 2.63. The Morgan fingerprint density at radius 1 is 1.24 bits per heavy atom. The molecule has 138 valence electrons. The number of carbonyl (C=O) groups excluding carboxylic acids is 1. The van der Waals surface area contributed by atoms with E-state index in [1.54, 1.807) is 10.9 Å². The molecule has 2 N–H and O–H groups in total. The SMILES string of the molecule is CNCCCNC(=O)c1nn(-c2ccccc2)cc1OCC(C)C.Cl. The summed E-state index contributed by atoms with van der Waals surface area (Å²) in [6.45, 7) is 6.13. The molecule has 0 radical (unpaired) electrons. The van der Waals surface area contributed by atoms with E-state index in [4.69, 9.17) is 4.74 Å². The maximum Gasteiger partial charge on any atom is 0.275 e. The van der Waals surface area contributed by atoms with E-state index in [9.17, 15) is 4.79 Å². The zero-order valence-corrected chi connectivity index (χ0v) is 15.8. The number of rotatable bonds is 9. The minimum atomic E-state index is -0.209. The quantitative estimate of drug-likeness (QED) is 0.669. The number of hydrogen-bond donors (Lipinski definition) is 2. The van der Waals surface area contributed by atoms with Crippen LogP contribution in [0.25, 0.3) is 5.69 Å². The Morgan fingerprint density at radius 3 is 2.60 bits per heavy atom. The predicted molar refractivity (Wildman–Crippen MR) is 102 cm³/mol. The highest BCUT2D eigenvalue weighted by Gasteiger charge is 2.19. The van der Waals surface area contributed by atoms with Gasteiger partial charge >= 0.3 is 0 Å². The molecule has 2 rings (SSSR count). The Kier molecular flexibility index (Phi) is 9.02. The monoisotopic (exact) mass is 366 g/mol. The number of benzene rings is 1. The van der Waals surface area contributed by atoms with Crippen molar-refractivity contribution >= 4 is 18.3 Å². The minimum Gasteiger partial charge on any atom is -0.489 e. The Balaban J connectivity index is 0.00000312. The van der Waals surface area contributed by atoms with E-state index < -0.39 is 0 Å². The molecule has 0 aliphatic rings. The molecule has 1 amide bonds. The third-order valence-corrected chi connectivity index (χ3v) is 3.38. The zero-order chi connectivity index (χ0) is 17.4. The summed E-state index contributed by atoms with van der Waals surface area (Å²) in [4.78, 5) is 12.4. The van der Waals surface area contributed by atoms with E-state index >= 15 is 0 Å². The summed E-state index contributed by atoms with van der Waals surface area (Å²) >= 11 is 0. The highest BCUT2D eigenvalue weighted by molar-refractivity contribution is 5.94. The van der Waals surface area contributed by atoms with Crippen molar-refractivity contribution in [3.8, 4) is 11.4 Å². The van der Waals surface area contributed by atoms with E-state index in [1.807, 2.05) is 37.4 Å². The van der Waals surface area contributed by atoms with Crippen LogP contribution in [0.15, 0.2) is 36.5 Å². The summed E-state index contributed by atoms with van der Waals surface area (Å²) in [6, 6.07) is 9.69. The minimum absolute atomic E-state index is 0. The van der Waals surface area contributed by atoms with Gasteiger partial charge in [0.25, 0.3) is 5.91 Å². The maximum atomic E-state index is 12.4. The van der Waals surface area contributed by atoms with Gasteiger partial charge in [0.15, 0.2) is 11.4 Å². The third-order valence-electron chi connectivity index (χ3n) is 3.38. The molecule has 1 aromatic heterocycles. The second-order valence-corrected chi connectivity index (χ2v) is 6.04. The van der Waals surface area contributed by atoms with Crippen LogP contribution < -0.4 is 15.4 Å². The lowest BCUT2D eigenvalue weighted by atomic mass is 10.2. The van der Waals surface area contributed by atoms with Gasteiger partial charge in [-0.15, -0.1) is 12.4 Å². The van der Waals surface area contributed by atoms with Gasteiger partial charge in [-0.25, -0.2) is 4.68 Å². The first-order valence-corrected chi connectivity index (χ1v) is 8.32. The van der Waals surface area contributed by atoms with Crippen molar-refractivity contribution in [2.75, 3.05) is 26.7 Å². The highest BCUT2D eigenvalue weighted by atomic mass is 35.5. The van der Waals surface area contributed by atoms with E-state index in [1.165, 1.54) is 0 Å². The highest BCUT2D eigenvalue weighted by Crippen LogP contribution is 2.20. The number of hydrogen-bond acceptors (Lipinski definition) is 4. The van der Waals surface area contributed by atoms with Crippen molar-refractivity contribution in [3.05, 3.63) is 42.2 Å². The molecule has 0 unspecified atom stereocenters. The van der Waals surface area contributed by atoms with Gasteiger partial charge in [0, 0.05) is 6.54 Å². The lowest BCUT2D eigenvalue weighted by molar-refractivity contribution is 0.0943. The molecule has 1 heterocycles. The Morgan fingerprint density at radius 2 is 1.96 bits per heavy atom. The largest absolute Gasteiger partial charge is 0.489 e. The van der Waals surface area contributed by atoms with Gasteiger partial charge in [-0.2, -0.15) is 5.10 Å². The molecule has 0 saturated heterocycles. The molecule has 7 heteroatoms. The van der Waals surface area contributed by atoms with Gasteiger partial charge in [0.1, 0.15) is 0 Å². The Bertz CT molecular complexity index is 644. The fraction of sp³-hybridized carbons (Fsp3) is 0.444.